The maximum absolute atomic E-state index is 12.2. The molecule has 0 heterocycles. The molecule has 0 saturated carbocycles. The van der Waals surface area contributed by atoms with E-state index in [1.807, 2.05) is 0 Å². The second-order valence-corrected chi connectivity index (χ2v) is 7.35. The van der Waals surface area contributed by atoms with Gasteiger partial charge in [-0.05, 0) is 36.4 Å². The number of sulfone groups is 1. The van der Waals surface area contributed by atoms with Gasteiger partial charge in [-0.3, -0.25) is 4.79 Å². The van der Waals surface area contributed by atoms with E-state index in [-0.39, 0.29) is 23.0 Å². The van der Waals surface area contributed by atoms with Crippen LogP contribution in [0.15, 0.2) is 53.4 Å². The quantitative estimate of drug-likeness (QED) is 0.865. The standard InChI is InChI=1S/C16H16ClNO4S/c1-22-14-4-2-3-13(11-14)18-16(19)9-10-23(20,21)15-7-5-12(17)6-8-15/h2-8,11H,9-10H2,1H3,(H,18,19). The minimum Gasteiger partial charge on any atom is -0.497 e. The molecular formula is C16H16ClNO4S. The molecule has 23 heavy (non-hydrogen) atoms. The number of nitrogens with one attached hydrogen (secondary N) is 1. The van der Waals surface area contributed by atoms with Gasteiger partial charge in [0.2, 0.25) is 5.91 Å². The van der Waals surface area contributed by atoms with Crippen molar-refractivity contribution < 1.29 is 17.9 Å². The molecule has 0 aliphatic rings. The minimum absolute atomic E-state index is 0.137. The van der Waals surface area contributed by atoms with Gasteiger partial charge in [0, 0.05) is 23.2 Å². The highest BCUT2D eigenvalue weighted by Gasteiger charge is 2.16. The van der Waals surface area contributed by atoms with E-state index in [2.05, 4.69) is 5.32 Å². The van der Waals surface area contributed by atoms with Crippen molar-refractivity contribution in [2.45, 2.75) is 11.3 Å². The van der Waals surface area contributed by atoms with Gasteiger partial charge in [0.25, 0.3) is 0 Å². The molecule has 1 amide bonds. The maximum Gasteiger partial charge on any atom is 0.225 e. The third-order valence-electron chi connectivity index (χ3n) is 3.12. The minimum atomic E-state index is -3.52. The first kappa shape index (κ1) is 17.3. The average molecular weight is 354 g/mol. The van der Waals surface area contributed by atoms with Gasteiger partial charge >= 0.3 is 0 Å². The fourth-order valence-corrected chi connectivity index (χ4v) is 3.28. The predicted octanol–water partition coefficient (Wildman–Crippen LogP) is 3.15. The van der Waals surface area contributed by atoms with E-state index < -0.39 is 9.84 Å². The van der Waals surface area contributed by atoms with Gasteiger partial charge in [-0.2, -0.15) is 0 Å². The third kappa shape index (κ3) is 4.97. The molecule has 0 aliphatic carbocycles. The summed E-state index contributed by atoms with van der Waals surface area (Å²) in [6, 6.07) is 12.7. The number of carbonyl (C=O) groups is 1. The van der Waals surface area contributed by atoms with Crippen molar-refractivity contribution in [3.8, 4) is 5.75 Å². The van der Waals surface area contributed by atoms with Gasteiger partial charge in [-0.25, -0.2) is 8.42 Å². The highest BCUT2D eigenvalue weighted by atomic mass is 35.5. The van der Waals surface area contributed by atoms with Crippen molar-refractivity contribution in [1.82, 2.24) is 0 Å². The summed E-state index contributed by atoms with van der Waals surface area (Å²) < 4.78 is 29.4. The lowest BCUT2D eigenvalue weighted by atomic mass is 10.3. The summed E-state index contributed by atoms with van der Waals surface area (Å²) in [7, 11) is -1.99. The lowest BCUT2D eigenvalue weighted by molar-refractivity contribution is -0.115. The lowest BCUT2D eigenvalue weighted by Crippen LogP contribution is -2.17. The third-order valence-corrected chi connectivity index (χ3v) is 5.11. The normalized spacial score (nSPS) is 11.0. The number of rotatable bonds is 6. The Kier molecular flexibility index (Phi) is 5.63. The van der Waals surface area contributed by atoms with E-state index in [4.69, 9.17) is 16.3 Å². The maximum atomic E-state index is 12.2. The predicted molar refractivity (Wildman–Crippen MR) is 89.7 cm³/mol. The summed E-state index contributed by atoms with van der Waals surface area (Å²) in [5, 5.41) is 3.10. The van der Waals surface area contributed by atoms with E-state index in [0.717, 1.165) is 0 Å². The molecular weight excluding hydrogens is 338 g/mol. The number of hydrogen-bond donors (Lipinski definition) is 1. The van der Waals surface area contributed by atoms with Gasteiger partial charge < -0.3 is 10.1 Å². The molecule has 5 nitrogen and oxygen atoms in total. The van der Waals surface area contributed by atoms with Crippen LogP contribution in [0.4, 0.5) is 5.69 Å². The molecule has 0 radical (unpaired) electrons. The van der Waals surface area contributed by atoms with Crippen molar-refractivity contribution in [3.63, 3.8) is 0 Å². The molecule has 0 spiro atoms. The van der Waals surface area contributed by atoms with Crippen LogP contribution in [0.2, 0.25) is 5.02 Å². The molecule has 0 bridgehead atoms. The highest BCUT2D eigenvalue weighted by molar-refractivity contribution is 7.91. The molecule has 2 aromatic rings. The molecule has 7 heteroatoms. The van der Waals surface area contributed by atoms with Gasteiger partial charge in [0.05, 0.1) is 17.8 Å². The molecule has 0 aromatic heterocycles. The average Bonchev–Trinajstić information content (AvgIpc) is 2.54. The van der Waals surface area contributed by atoms with Crippen molar-refractivity contribution in [3.05, 3.63) is 53.6 Å². The number of methoxy groups -OCH3 is 1. The summed E-state index contributed by atoms with van der Waals surface area (Å²) >= 11 is 5.74. The van der Waals surface area contributed by atoms with Crippen molar-refractivity contribution in [1.29, 1.82) is 0 Å². The number of amides is 1. The first-order valence-corrected chi connectivity index (χ1v) is 8.86. The summed E-state index contributed by atoms with van der Waals surface area (Å²) in [4.78, 5) is 12.1. The molecule has 0 fully saturated rings. The van der Waals surface area contributed by atoms with Gasteiger partial charge in [-0.1, -0.05) is 17.7 Å². The Balaban J connectivity index is 1.96. The molecule has 0 aliphatic heterocycles. The molecule has 1 N–H and O–H groups in total. The van der Waals surface area contributed by atoms with Crippen LogP contribution in [0.25, 0.3) is 0 Å². The second-order valence-electron chi connectivity index (χ2n) is 4.80. The van der Waals surface area contributed by atoms with E-state index in [0.29, 0.717) is 16.5 Å². The zero-order valence-corrected chi connectivity index (χ0v) is 14.0. The number of halogens is 1. The van der Waals surface area contributed by atoms with Gasteiger partial charge in [-0.15, -0.1) is 0 Å². The Labute approximate surface area is 140 Å². The smallest absolute Gasteiger partial charge is 0.225 e. The molecule has 2 aromatic carbocycles. The second kappa shape index (κ2) is 7.48. The van der Waals surface area contributed by atoms with E-state index in [9.17, 15) is 13.2 Å². The molecule has 0 atom stereocenters. The van der Waals surface area contributed by atoms with Crippen LogP contribution >= 0.6 is 11.6 Å². The number of ether oxygens (including phenoxy) is 1. The Morgan fingerprint density at radius 2 is 1.87 bits per heavy atom. The van der Waals surface area contributed by atoms with Gasteiger partial charge in [0.1, 0.15) is 5.75 Å². The van der Waals surface area contributed by atoms with E-state index in [1.54, 1.807) is 24.3 Å². The number of benzene rings is 2. The van der Waals surface area contributed by atoms with Crippen LogP contribution in [0.1, 0.15) is 6.42 Å². The number of anilines is 1. The Morgan fingerprint density at radius 3 is 2.52 bits per heavy atom. The van der Waals surface area contributed by atoms with Crippen LogP contribution in [0.5, 0.6) is 5.75 Å². The number of carbonyl (C=O) groups excluding carboxylic acids is 1. The van der Waals surface area contributed by atoms with Gasteiger partial charge in [0.15, 0.2) is 9.84 Å². The van der Waals surface area contributed by atoms with Crippen LogP contribution in [-0.2, 0) is 14.6 Å². The van der Waals surface area contributed by atoms with Crippen LogP contribution in [-0.4, -0.2) is 27.2 Å². The molecule has 122 valence electrons. The fourth-order valence-electron chi connectivity index (χ4n) is 1.91. The monoisotopic (exact) mass is 353 g/mol. The van der Waals surface area contributed by atoms with E-state index in [1.165, 1.54) is 31.4 Å². The van der Waals surface area contributed by atoms with Crippen LogP contribution in [0, 0.1) is 0 Å². The van der Waals surface area contributed by atoms with Crippen molar-refractivity contribution >= 4 is 33.0 Å². The molecule has 0 saturated heterocycles. The molecule has 2 rings (SSSR count). The van der Waals surface area contributed by atoms with E-state index >= 15 is 0 Å². The fraction of sp³-hybridized carbons (Fsp3) is 0.188. The number of hydrogen-bond acceptors (Lipinski definition) is 4. The van der Waals surface area contributed by atoms with Crippen LogP contribution in [0.3, 0.4) is 0 Å². The summed E-state index contributed by atoms with van der Waals surface area (Å²) in [5.41, 5.74) is 0.554. The molecule has 0 unspecified atom stereocenters. The topological polar surface area (TPSA) is 72.5 Å². The summed E-state index contributed by atoms with van der Waals surface area (Å²) in [6.45, 7) is 0. The SMILES string of the molecule is COc1cccc(NC(=O)CCS(=O)(=O)c2ccc(Cl)cc2)c1. The summed E-state index contributed by atoms with van der Waals surface area (Å²) in [5.74, 6) is -0.0443. The Bertz CT molecular complexity index is 788. The summed E-state index contributed by atoms with van der Waals surface area (Å²) in [6.07, 6.45) is -0.137. The zero-order chi connectivity index (χ0) is 16.9. The van der Waals surface area contributed by atoms with Crippen molar-refractivity contribution in [2.75, 3.05) is 18.2 Å². The first-order chi connectivity index (χ1) is 10.9. The van der Waals surface area contributed by atoms with Crippen LogP contribution < -0.4 is 10.1 Å². The first-order valence-electron chi connectivity index (χ1n) is 6.83. The zero-order valence-electron chi connectivity index (χ0n) is 12.5. The lowest BCUT2D eigenvalue weighted by Gasteiger charge is -2.08. The Morgan fingerprint density at radius 1 is 1.17 bits per heavy atom. The largest absolute Gasteiger partial charge is 0.497 e. The highest BCUT2D eigenvalue weighted by Crippen LogP contribution is 2.18. The Hall–Kier alpha value is -2.05. The van der Waals surface area contributed by atoms with Crippen molar-refractivity contribution in [2.24, 2.45) is 0 Å².